The van der Waals surface area contributed by atoms with Gasteiger partial charge in [-0.1, -0.05) is 11.4 Å². The van der Waals surface area contributed by atoms with Crippen molar-refractivity contribution in [2.24, 2.45) is 0 Å². The minimum Gasteiger partial charge on any atom is -0.332 e. The highest BCUT2D eigenvalue weighted by molar-refractivity contribution is 7.11. The number of aromatic nitrogens is 3. The van der Waals surface area contributed by atoms with E-state index >= 15 is 0 Å². The summed E-state index contributed by atoms with van der Waals surface area (Å²) in [6.45, 7) is 2.12. The van der Waals surface area contributed by atoms with Crippen LogP contribution in [0.5, 0.6) is 0 Å². The topological polar surface area (TPSA) is 59.0 Å². The predicted molar refractivity (Wildman–Crippen MR) is 79.2 cm³/mol. The van der Waals surface area contributed by atoms with E-state index in [0.717, 1.165) is 30.7 Å². The second-order valence-electron chi connectivity index (χ2n) is 4.89. The van der Waals surface area contributed by atoms with Crippen molar-refractivity contribution in [1.82, 2.24) is 19.5 Å². The highest BCUT2D eigenvalue weighted by atomic mass is 32.1. The first kappa shape index (κ1) is 13.6. The minimum atomic E-state index is -0.0527. The maximum absolute atomic E-state index is 12.4. The van der Waals surface area contributed by atoms with Gasteiger partial charge in [-0.15, -0.1) is 16.4 Å². The van der Waals surface area contributed by atoms with Crippen LogP contribution in [0.1, 0.15) is 51.9 Å². The van der Waals surface area contributed by atoms with Gasteiger partial charge in [-0.05, 0) is 37.2 Å². The van der Waals surface area contributed by atoms with E-state index < -0.39 is 0 Å². The third-order valence-electron chi connectivity index (χ3n) is 3.64. The van der Waals surface area contributed by atoms with Crippen LogP contribution in [0.2, 0.25) is 0 Å². The summed E-state index contributed by atoms with van der Waals surface area (Å²) in [5.41, 5.74) is 1.61. The smallest absolute Gasteiger partial charge is 0.275 e. The summed E-state index contributed by atoms with van der Waals surface area (Å²) in [5, 5.41) is 6.74. The molecule has 2 heterocycles. The highest BCUT2D eigenvalue weighted by Gasteiger charge is 2.30. The maximum Gasteiger partial charge on any atom is 0.275 e. The van der Waals surface area contributed by atoms with Crippen LogP contribution in [0.25, 0.3) is 0 Å². The molecule has 1 amide bonds. The third-order valence-corrected chi connectivity index (χ3v) is 5.48. The Morgan fingerprint density at radius 1 is 1.55 bits per heavy atom. The molecule has 2 aromatic heterocycles. The van der Waals surface area contributed by atoms with Crippen molar-refractivity contribution < 1.29 is 4.79 Å². The molecule has 0 aromatic carbocycles. The van der Waals surface area contributed by atoms with Crippen LogP contribution in [-0.4, -0.2) is 32.4 Å². The molecule has 7 heteroatoms. The van der Waals surface area contributed by atoms with Crippen LogP contribution in [-0.2, 0) is 12.8 Å². The average molecular weight is 308 g/mol. The molecule has 0 bridgehead atoms. The van der Waals surface area contributed by atoms with Crippen molar-refractivity contribution in [2.75, 3.05) is 7.05 Å². The monoisotopic (exact) mass is 308 g/mol. The van der Waals surface area contributed by atoms with Gasteiger partial charge in [-0.3, -0.25) is 4.79 Å². The minimum absolute atomic E-state index is 0.0527. The Hall–Kier alpha value is -1.34. The lowest BCUT2D eigenvalue weighted by molar-refractivity contribution is 0.0712. The Kier molecular flexibility index (Phi) is 3.80. The molecule has 0 aliphatic heterocycles. The van der Waals surface area contributed by atoms with Crippen LogP contribution >= 0.6 is 22.9 Å². The Labute approximate surface area is 125 Å². The fraction of sp³-hybridized carbons (Fsp3) is 0.538. The Morgan fingerprint density at radius 3 is 3.10 bits per heavy atom. The molecule has 0 unspecified atom stereocenters. The second kappa shape index (κ2) is 5.57. The molecule has 0 fully saturated rings. The molecule has 1 aliphatic carbocycles. The number of carbonyl (C=O) groups excluding carboxylic acids is 1. The zero-order valence-corrected chi connectivity index (χ0v) is 13.1. The molecule has 20 heavy (non-hydrogen) atoms. The van der Waals surface area contributed by atoms with Gasteiger partial charge in [0.15, 0.2) is 5.69 Å². The molecule has 0 radical (unpaired) electrons. The van der Waals surface area contributed by atoms with Crippen molar-refractivity contribution in [3.8, 4) is 0 Å². The molecule has 3 rings (SSSR count). The van der Waals surface area contributed by atoms with Crippen molar-refractivity contribution in [3.63, 3.8) is 0 Å². The third kappa shape index (κ3) is 2.35. The first-order valence-electron chi connectivity index (χ1n) is 6.73. The average Bonchev–Trinajstić information content (AvgIpc) is 3.13. The molecule has 5 nitrogen and oxygen atoms in total. The highest BCUT2D eigenvalue weighted by Crippen LogP contribution is 2.38. The van der Waals surface area contributed by atoms with Crippen molar-refractivity contribution in [3.05, 3.63) is 26.7 Å². The van der Waals surface area contributed by atoms with Crippen LogP contribution < -0.4 is 0 Å². The fourth-order valence-electron chi connectivity index (χ4n) is 2.55. The van der Waals surface area contributed by atoms with E-state index in [1.165, 1.54) is 22.1 Å². The largest absolute Gasteiger partial charge is 0.332 e. The number of thiazole rings is 1. The standard InChI is InChI=1S/C13H16N4OS2/c1-3-11-14-8-5-4-6-10(12(8)20-11)17(2)13(18)9-7-19-16-15-9/h7,10H,3-6H2,1-2H3/t10-/m1/s1. The summed E-state index contributed by atoms with van der Waals surface area (Å²) >= 11 is 2.95. The molecular formula is C13H16N4OS2. The van der Waals surface area contributed by atoms with Crippen molar-refractivity contribution >= 4 is 28.8 Å². The lowest BCUT2D eigenvalue weighted by atomic mass is 9.97. The molecule has 1 aliphatic rings. The molecule has 106 valence electrons. The van der Waals surface area contributed by atoms with E-state index in [1.807, 2.05) is 7.05 Å². The van der Waals surface area contributed by atoms with Gasteiger partial charge in [0.1, 0.15) is 0 Å². The lowest BCUT2D eigenvalue weighted by Gasteiger charge is -2.30. The van der Waals surface area contributed by atoms with Gasteiger partial charge in [0.25, 0.3) is 5.91 Å². The number of rotatable bonds is 3. The van der Waals surface area contributed by atoms with Crippen molar-refractivity contribution in [1.29, 1.82) is 0 Å². The zero-order valence-electron chi connectivity index (χ0n) is 11.5. The zero-order chi connectivity index (χ0) is 14.1. The van der Waals surface area contributed by atoms with Gasteiger partial charge < -0.3 is 4.90 Å². The summed E-state index contributed by atoms with van der Waals surface area (Å²) in [4.78, 5) is 20.1. The van der Waals surface area contributed by atoms with E-state index in [2.05, 4.69) is 21.5 Å². The van der Waals surface area contributed by atoms with Crippen LogP contribution in [0.4, 0.5) is 0 Å². The summed E-state index contributed by atoms with van der Waals surface area (Å²) < 4.78 is 3.77. The number of carbonyl (C=O) groups is 1. The van der Waals surface area contributed by atoms with Gasteiger partial charge in [-0.25, -0.2) is 4.98 Å². The lowest BCUT2D eigenvalue weighted by Crippen LogP contribution is -2.33. The molecule has 2 aromatic rings. The second-order valence-corrected chi connectivity index (χ2v) is 6.61. The Morgan fingerprint density at radius 2 is 2.40 bits per heavy atom. The summed E-state index contributed by atoms with van der Waals surface area (Å²) in [6.07, 6.45) is 4.07. The summed E-state index contributed by atoms with van der Waals surface area (Å²) in [7, 11) is 1.85. The fourth-order valence-corrected chi connectivity index (χ4v) is 4.21. The van der Waals surface area contributed by atoms with Gasteiger partial charge in [0.2, 0.25) is 0 Å². The number of nitrogens with zero attached hydrogens (tertiary/aromatic N) is 4. The molecule has 0 saturated heterocycles. The molecule has 0 N–H and O–H groups in total. The summed E-state index contributed by atoms with van der Waals surface area (Å²) in [5.74, 6) is -0.0527. The number of hydrogen-bond donors (Lipinski definition) is 0. The van der Waals surface area contributed by atoms with Crippen LogP contribution in [0.3, 0.4) is 0 Å². The number of aryl methyl sites for hydroxylation is 2. The van der Waals surface area contributed by atoms with E-state index in [-0.39, 0.29) is 11.9 Å². The number of fused-ring (bicyclic) bond motifs is 1. The SMILES string of the molecule is CCc1nc2c(s1)[C@H](N(C)C(=O)c1csnn1)CCC2. The quantitative estimate of drug-likeness (QED) is 0.875. The van der Waals surface area contributed by atoms with Crippen LogP contribution in [0, 0.1) is 0 Å². The first-order chi connectivity index (χ1) is 9.70. The molecule has 0 saturated carbocycles. The van der Waals surface area contributed by atoms with Gasteiger partial charge in [0, 0.05) is 12.4 Å². The predicted octanol–water partition coefficient (Wildman–Crippen LogP) is 2.71. The normalized spacial score (nSPS) is 17.8. The number of amides is 1. The van der Waals surface area contributed by atoms with Gasteiger partial charge >= 0.3 is 0 Å². The van der Waals surface area contributed by atoms with Gasteiger partial charge in [0.05, 0.1) is 21.6 Å². The Bertz CT molecular complexity index is 608. The van der Waals surface area contributed by atoms with E-state index in [0.29, 0.717) is 5.69 Å². The number of hydrogen-bond acceptors (Lipinski definition) is 6. The maximum atomic E-state index is 12.4. The summed E-state index contributed by atoms with van der Waals surface area (Å²) in [6, 6.07) is 0.130. The molecular weight excluding hydrogens is 292 g/mol. The molecule has 0 spiro atoms. The van der Waals surface area contributed by atoms with Gasteiger partial charge in [-0.2, -0.15) is 0 Å². The molecule has 1 atom stereocenters. The van der Waals surface area contributed by atoms with Crippen molar-refractivity contribution in [2.45, 2.75) is 38.6 Å². The van der Waals surface area contributed by atoms with E-state index in [1.54, 1.807) is 21.6 Å². The first-order valence-corrected chi connectivity index (χ1v) is 8.38. The Balaban J connectivity index is 1.88. The van der Waals surface area contributed by atoms with E-state index in [4.69, 9.17) is 0 Å². The van der Waals surface area contributed by atoms with Crippen LogP contribution in [0.15, 0.2) is 5.38 Å². The van der Waals surface area contributed by atoms with E-state index in [9.17, 15) is 4.79 Å².